The van der Waals surface area contributed by atoms with Gasteiger partial charge in [-0.1, -0.05) is 19.9 Å². The predicted molar refractivity (Wildman–Crippen MR) is 109 cm³/mol. The van der Waals surface area contributed by atoms with Crippen molar-refractivity contribution in [2.75, 3.05) is 16.8 Å². The van der Waals surface area contributed by atoms with E-state index in [1.807, 2.05) is 61.4 Å². The molecule has 6 nitrogen and oxygen atoms in total. The van der Waals surface area contributed by atoms with E-state index in [0.29, 0.717) is 12.3 Å². The highest BCUT2D eigenvalue weighted by Gasteiger charge is 2.18. The summed E-state index contributed by atoms with van der Waals surface area (Å²) in [4.78, 5) is 22.7. The predicted octanol–water partition coefficient (Wildman–Crippen LogP) is 5.52. The molecule has 0 fully saturated rings. The first kappa shape index (κ1) is 18.8. The van der Waals surface area contributed by atoms with Gasteiger partial charge in [0.25, 0.3) is 0 Å². The van der Waals surface area contributed by atoms with E-state index in [0.717, 1.165) is 22.1 Å². The lowest BCUT2D eigenvalue weighted by Gasteiger charge is -2.24. The molecule has 0 bridgehead atoms. The van der Waals surface area contributed by atoms with E-state index >= 15 is 0 Å². The van der Waals surface area contributed by atoms with Crippen LogP contribution in [0.2, 0.25) is 0 Å². The number of nitrogens with zero attached hydrogens (tertiary/aromatic N) is 3. The van der Waals surface area contributed by atoms with E-state index in [-0.39, 0.29) is 5.92 Å². The monoisotopic (exact) mass is 382 g/mol. The molecule has 3 rings (SSSR count). The molecule has 7 heteroatoms. The Labute approximate surface area is 162 Å². The maximum absolute atomic E-state index is 12.0. The highest BCUT2D eigenvalue weighted by molar-refractivity contribution is 7.13. The fraction of sp³-hybridized carbons (Fsp3) is 0.250. The highest BCUT2D eigenvalue weighted by Crippen LogP contribution is 2.38. The molecule has 2 aromatic heterocycles. The van der Waals surface area contributed by atoms with Crippen molar-refractivity contribution >= 4 is 39.6 Å². The number of thiazole rings is 1. The van der Waals surface area contributed by atoms with Crippen LogP contribution in [0.25, 0.3) is 0 Å². The van der Waals surface area contributed by atoms with Gasteiger partial charge in [-0.2, -0.15) is 0 Å². The van der Waals surface area contributed by atoms with Crippen LogP contribution in [0.4, 0.5) is 27.0 Å². The summed E-state index contributed by atoms with van der Waals surface area (Å²) in [6, 6.07) is 9.60. The van der Waals surface area contributed by atoms with E-state index in [4.69, 9.17) is 4.74 Å². The Hall–Kier alpha value is -2.93. The molecule has 0 spiro atoms. The molecule has 0 radical (unpaired) electrons. The third-order valence-electron chi connectivity index (χ3n) is 3.76. The van der Waals surface area contributed by atoms with E-state index in [9.17, 15) is 4.79 Å². The molecule has 0 saturated carbocycles. The Morgan fingerprint density at radius 1 is 1.30 bits per heavy atom. The first-order chi connectivity index (χ1) is 13.0. The minimum atomic E-state index is -0.458. The van der Waals surface area contributed by atoms with E-state index in [1.54, 1.807) is 18.6 Å². The smallest absolute Gasteiger partial charge is 0.411 e. The molecule has 0 aliphatic carbocycles. The number of ether oxygens (including phenoxy) is 1. The van der Waals surface area contributed by atoms with Crippen molar-refractivity contribution in [3.8, 4) is 0 Å². The molecule has 2 heterocycles. The summed E-state index contributed by atoms with van der Waals surface area (Å²) in [6.07, 6.45) is 4.83. The maximum Gasteiger partial charge on any atom is 0.411 e. The van der Waals surface area contributed by atoms with Gasteiger partial charge in [0.15, 0.2) is 5.13 Å². The third-order valence-corrected chi connectivity index (χ3v) is 4.52. The summed E-state index contributed by atoms with van der Waals surface area (Å²) in [5.74, 6) is 0.287. The van der Waals surface area contributed by atoms with Crippen molar-refractivity contribution in [3.05, 3.63) is 59.9 Å². The number of nitrogens with one attached hydrogen (secondary N) is 1. The van der Waals surface area contributed by atoms with Crippen molar-refractivity contribution in [1.29, 1.82) is 0 Å². The number of amides is 1. The number of hydrogen-bond acceptors (Lipinski definition) is 6. The first-order valence-electron chi connectivity index (χ1n) is 8.68. The summed E-state index contributed by atoms with van der Waals surface area (Å²) in [5.41, 5.74) is 3.53. The molecule has 0 aliphatic heterocycles. The van der Waals surface area contributed by atoms with Crippen LogP contribution in [0.15, 0.2) is 54.3 Å². The Bertz CT molecular complexity index is 882. The lowest BCUT2D eigenvalue weighted by atomic mass is 10.1. The van der Waals surface area contributed by atoms with Crippen LogP contribution in [0.5, 0.6) is 0 Å². The lowest BCUT2D eigenvalue weighted by Crippen LogP contribution is -2.17. The molecule has 3 aromatic rings. The largest absolute Gasteiger partial charge is 0.449 e. The average Bonchev–Trinajstić information content (AvgIpc) is 3.18. The molecule has 1 amide bonds. The molecule has 0 unspecified atom stereocenters. The fourth-order valence-electron chi connectivity index (χ4n) is 2.49. The third kappa shape index (κ3) is 4.83. The molecular formula is C20H22N4O2S. The minimum absolute atomic E-state index is 0.287. The number of rotatable bonds is 6. The van der Waals surface area contributed by atoms with Crippen molar-refractivity contribution in [2.24, 2.45) is 5.92 Å². The van der Waals surface area contributed by atoms with Gasteiger partial charge < -0.3 is 4.74 Å². The van der Waals surface area contributed by atoms with Gasteiger partial charge in [0.2, 0.25) is 0 Å². The van der Waals surface area contributed by atoms with Crippen LogP contribution in [-0.4, -0.2) is 22.7 Å². The molecule has 140 valence electrons. The molecule has 1 N–H and O–H groups in total. The van der Waals surface area contributed by atoms with Gasteiger partial charge in [-0.3, -0.25) is 15.2 Å². The first-order valence-corrected chi connectivity index (χ1v) is 9.56. The topological polar surface area (TPSA) is 67.3 Å². The minimum Gasteiger partial charge on any atom is -0.449 e. The summed E-state index contributed by atoms with van der Waals surface area (Å²) in [6.45, 7) is 6.40. The van der Waals surface area contributed by atoms with Crippen LogP contribution in [0, 0.1) is 12.8 Å². The molecule has 0 atom stereocenters. The van der Waals surface area contributed by atoms with Gasteiger partial charge in [0.1, 0.15) is 0 Å². The van der Waals surface area contributed by atoms with Crippen molar-refractivity contribution in [3.63, 3.8) is 0 Å². The van der Waals surface area contributed by atoms with E-state index < -0.39 is 6.09 Å². The van der Waals surface area contributed by atoms with Gasteiger partial charge >= 0.3 is 6.09 Å². The van der Waals surface area contributed by atoms with Gasteiger partial charge in [-0.05, 0) is 42.7 Å². The van der Waals surface area contributed by atoms with Crippen LogP contribution < -0.4 is 10.2 Å². The van der Waals surface area contributed by atoms with Crippen LogP contribution >= 0.6 is 11.3 Å². The second-order valence-corrected chi connectivity index (χ2v) is 7.35. The second kappa shape index (κ2) is 8.64. The van der Waals surface area contributed by atoms with Crippen LogP contribution in [0.3, 0.4) is 0 Å². The van der Waals surface area contributed by atoms with Gasteiger partial charge in [0.05, 0.1) is 24.2 Å². The van der Waals surface area contributed by atoms with E-state index in [2.05, 4.69) is 15.3 Å². The average molecular weight is 382 g/mol. The second-order valence-electron chi connectivity index (χ2n) is 6.48. The van der Waals surface area contributed by atoms with Crippen LogP contribution in [-0.2, 0) is 4.74 Å². The van der Waals surface area contributed by atoms with Gasteiger partial charge in [-0.15, -0.1) is 11.3 Å². The van der Waals surface area contributed by atoms with Crippen LogP contribution in [0.1, 0.15) is 19.4 Å². The molecular weight excluding hydrogens is 360 g/mol. The molecule has 1 aromatic carbocycles. The molecule has 0 aliphatic rings. The normalized spacial score (nSPS) is 10.7. The fourth-order valence-corrected chi connectivity index (χ4v) is 3.16. The van der Waals surface area contributed by atoms with Crippen molar-refractivity contribution in [1.82, 2.24) is 9.97 Å². The summed E-state index contributed by atoms with van der Waals surface area (Å²) in [5, 5.41) is 5.55. The maximum atomic E-state index is 12.0. The number of aryl methyl sites for hydroxylation is 1. The number of aromatic nitrogens is 2. The highest BCUT2D eigenvalue weighted by atomic mass is 32.1. The summed E-state index contributed by atoms with van der Waals surface area (Å²) >= 11 is 1.54. The molecule has 0 saturated heterocycles. The molecule has 27 heavy (non-hydrogen) atoms. The zero-order valence-corrected chi connectivity index (χ0v) is 16.4. The number of carbonyl (C=O) groups excluding carboxylic acids is 1. The standard InChI is InChI=1S/C20H22N4O2S/c1-14(2)13-26-20(25)23-16-7-6-15(3)18(11-16)24(19-22-9-10-27-19)17-5-4-8-21-12-17/h4-12,14H,13H2,1-3H3,(H,23,25). The quantitative estimate of drug-likeness (QED) is 0.608. The summed E-state index contributed by atoms with van der Waals surface area (Å²) in [7, 11) is 0. The van der Waals surface area contributed by atoms with E-state index in [1.165, 1.54) is 11.3 Å². The Balaban J connectivity index is 1.92. The van der Waals surface area contributed by atoms with Gasteiger partial charge in [0, 0.05) is 23.5 Å². The lowest BCUT2D eigenvalue weighted by molar-refractivity contribution is 0.147. The number of hydrogen-bond donors (Lipinski definition) is 1. The zero-order valence-electron chi connectivity index (χ0n) is 15.5. The number of carbonyl (C=O) groups is 1. The Kier molecular flexibility index (Phi) is 6.03. The van der Waals surface area contributed by atoms with Gasteiger partial charge in [-0.25, -0.2) is 9.78 Å². The number of anilines is 4. The Morgan fingerprint density at radius 2 is 2.15 bits per heavy atom. The zero-order chi connectivity index (χ0) is 19.2. The SMILES string of the molecule is Cc1ccc(NC(=O)OCC(C)C)cc1N(c1cccnc1)c1nccs1. The summed E-state index contributed by atoms with van der Waals surface area (Å²) < 4.78 is 5.21. The Morgan fingerprint density at radius 3 is 2.81 bits per heavy atom. The number of benzene rings is 1. The van der Waals surface area contributed by atoms with Crippen molar-refractivity contribution in [2.45, 2.75) is 20.8 Å². The number of pyridine rings is 1. The van der Waals surface area contributed by atoms with Crippen molar-refractivity contribution < 1.29 is 9.53 Å².